The standard InChI is InChI=1S/C5H8O3.Li/c6-4-2-1-3-5(7)8;/h1,3,6H,2,4H2,(H,7,8);/q;+1/p-1/b3-1-;. The molecule has 9 heavy (non-hydrogen) atoms. The minimum absolute atomic E-state index is 0. The number of hydrogen-bond donors (Lipinski definition) is 1. The van der Waals surface area contributed by atoms with Gasteiger partial charge in [-0.25, -0.2) is 0 Å². The smallest absolute Gasteiger partial charge is 0.545 e. The van der Waals surface area contributed by atoms with Crippen LogP contribution in [-0.4, -0.2) is 17.7 Å². The molecule has 0 radical (unpaired) electrons. The summed E-state index contributed by atoms with van der Waals surface area (Å²) in [5, 5.41) is 17.7. The Hall–Kier alpha value is -0.233. The minimum Gasteiger partial charge on any atom is -0.545 e. The topological polar surface area (TPSA) is 60.4 Å². The molecule has 0 bridgehead atoms. The fourth-order valence-corrected chi connectivity index (χ4v) is 0.254. The second-order valence-electron chi connectivity index (χ2n) is 1.23. The molecule has 4 heteroatoms. The van der Waals surface area contributed by atoms with Crippen molar-refractivity contribution < 1.29 is 33.9 Å². The molecule has 0 aliphatic carbocycles. The number of aliphatic carboxylic acids is 1. The first-order valence-corrected chi connectivity index (χ1v) is 2.25. The molecule has 3 nitrogen and oxygen atoms in total. The van der Waals surface area contributed by atoms with Crippen molar-refractivity contribution in [2.75, 3.05) is 6.61 Å². The van der Waals surface area contributed by atoms with E-state index in [0.29, 0.717) is 6.42 Å². The Balaban J connectivity index is 0. The van der Waals surface area contributed by atoms with Crippen LogP contribution in [0.25, 0.3) is 0 Å². The summed E-state index contributed by atoms with van der Waals surface area (Å²) in [5.74, 6) is -1.22. The van der Waals surface area contributed by atoms with Crippen molar-refractivity contribution >= 4 is 5.97 Å². The average molecular weight is 122 g/mol. The van der Waals surface area contributed by atoms with E-state index in [1.54, 1.807) is 0 Å². The fourth-order valence-electron chi connectivity index (χ4n) is 0.254. The van der Waals surface area contributed by atoms with Crippen LogP contribution in [0.4, 0.5) is 0 Å². The van der Waals surface area contributed by atoms with E-state index >= 15 is 0 Å². The van der Waals surface area contributed by atoms with Crippen LogP contribution in [0.2, 0.25) is 0 Å². The summed E-state index contributed by atoms with van der Waals surface area (Å²) < 4.78 is 0. The van der Waals surface area contributed by atoms with Gasteiger partial charge >= 0.3 is 18.9 Å². The number of carboxylic acid groups (broad SMARTS) is 1. The summed E-state index contributed by atoms with van der Waals surface area (Å²) in [6.45, 7) is -0.0240. The number of carboxylic acids is 1. The molecule has 0 amide bonds. The summed E-state index contributed by atoms with van der Waals surface area (Å²) >= 11 is 0. The molecule has 0 heterocycles. The van der Waals surface area contributed by atoms with Crippen LogP contribution < -0.4 is 24.0 Å². The minimum atomic E-state index is -1.22. The van der Waals surface area contributed by atoms with Gasteiger partial charge in [0.05, 0.1) is 5.97 Å². The molecule has 0 fully saturated rings. The Morgan fingerprint density at radius 2 is 2.22 bits per heavy atom. The Morgan fingerprint density at radius 1 is 1.67 bits per heavy atom. The van der Waals surface area contributed by atoms with Gasteiger partial charge in [0.15, 0.2) is 0 Å². The summed E-state index contributed by atoms with van der Waals surface area (Å²) in [6, 6.07) is 0. The zero-order chi connectivity index (χ0) is 6.41. The predicted molar refractivity (Wildman–Crippen MR) is 25.8 cm³/mol. The number of carbonyl (C=O) groups excluding carboxylic acids is 1. The Kier molecular flexibility index (Phi) is 9.97. The molecule has 0 aliphatic heterocycles. The number of rotatable bonds is 3. The van der Waals surface area contributed by atoms with Crippen LogP contribution in [0.5, 0.6) is 0 Å². The molecular weight excluding hydrogens is 115 g/mol. The summed E-state index contributed by atoms with van der Waals surface area (Å²) in [7, 11) is 0. The Bertz CT molecular complexity index is 100. The maximum Gasteiger partial charge on any atom is 1.00 e. The van der Waals surface area contributed by atoms with Crippen molar-refractivity contribution in [3.05, 3.63) is 12.2 Å². The Labute approximate surface area is 65.6 Å². The van der Waals surface area contributed by atoms with Gasteiger partial charge in [0.2, 0.25) is 0 Å². The third-order valence-corrected chi connectivity index (χ3v) is 0.550. The molecule has 0 aromatic rings. The first kappa shape index (κ1) is 11.5. The van der Waals surface area contributed by atoms with E-state index < -0.39 is 5.97 Å². The normalized spacial score (nSPS) is 9.00. The van der Waals surface area contributed by atoms with Crippen LogP contribution in [0.15, 0.2) is 12.2 Å². The van der Waals surface area contributed by atoms with E-state index in [0.717, 1.165) is 6.08 Å². The first-order valence-electron chi connectivity index (χ1n) is 2.25. The molecule has 1 N–H and O–H groups in total. The quantitative estimate of drug-likeness (QED) is 0.304. The van der Waals surface area contributed by atoms with Gasteiger partial charge in [0.25, 0.3) is 0 Å². The molecule has 0 saturated carbocycles. The number of aliphatic hydroxyl groups is 1. The van der Waals surface area contributed by atoms with Crippen molar-refractivity contribution in [2.24, 2.45) is 0 Å². The van der Waals surface area contributed by atoms with E-state index in [2.05, 4.69) is 0 Å². The van der Waals surface area contributed by atoms with Crippen molar-refractivity contribution in [1.82, 2.24) is 0 Å². The number of hydrogen-bond acceptors (Lipinski definition) is 3. The third-order valence-electron chi connectivity index (χ3n) is 0.550. The van der Waals surface area contributed by atoms with Gasteiger partial charge < -0.3 is 15.0 Å². The third kappa shape index (κ3) is 11.4. The average Bonchev–Trinajstić information content (AvgIpc) is 1.66. The zero-order valence-electron chi connectivity index (χ0n) is 5.33. The van der Waals surface area contributed by atoms with Crippen LogP contribution in [0.3, 0.4) is 0 Å². The van der Waals surface area contributed by atoms with Gasteiger partial charge in [-0.2, -0.15) is 0 Å². The van der Waals surface area contributed by atoms with E-state index in [1.165, 1.54) is 6.08 Å². The molecule has 0 atom stereocenters. The van der Waals surface area contributed by atoms with Gasteiger partial charge in [-0.05, 0) is 12.5 Å². The summed E-state index contributed by atoms with van der Waals surface area (Å²) in [4.78, 5) is 9.59. The molecule has 0 aromatic carbocycles. The first-order chi connectivity index (χ1) is 3.77. The van der Waals surface area contributed by atoms with Gasteiger partial charge in [-0.3, -0.25) is 0 Å². The second-order valence-corrected chi connectivity index (χ2v) is 1.23. The van der Waals surface area contributed by atoms with Gasteiger partial charge in [-0.15, -0.1) is 0 Å². The number of carbonyl (C=O) groups is 1. The van der Waals surface area contributed by atoms with Crippen molar-refractivity contribution in [1.29, 1.82) is 0 Å². The zero-order valence-corrected chi connectivity index (χ0v) is 5.33. The van der Waals surface area contributed by atoms with E-state index in [4.69, 9.17) is 5.11 Å². The molecule has 0 rings (SSSR count). The molecule has 46 valence electrons. The van der Waals surface area contributed by atoms with Crippen LogP contribution in [0, 0.1) is 0 Å². The van der Waals surface area contributed by atoms with Crippen LogP contribution >= 0.6 is 0 Å². The van der Waals surface area contributed by atoms with E-state index in [1.807, 2.05) is 0 Å². The summed E-state index contributed by atoms with van der Waals surface area (Å²) in [6.07, 6.45) is 2.61. The van der Waals surface area contributed by atoms with Gasteiger partial charge in [-0.1, -0.05) is 6.08 Å². The van der Waals surface area contributed by atoms with Crippen molar-refractivity contribution in [2.45, 2.75) is 6.42 Å². The Morgan fingerprint density at radius 3 is 2.56 bits per heavy atom. The van der Waals surface area contributed by atoms with Crippen LogP contribution in [0.1, 0.15) is 6.42 Å². The second kappa shape index (κ2) is 7.77. The van der Waals surface area contributed by atoms with Crippen LogP contribution in [-0.2, 0) is 4.79 Å². The fraction of sp³-hybridized carbons (Fsp3) is 0.400. The predicted octanol–water partition coefficient (Wildman–Crippen LogP) is -4.32. The van der Waals surface area contributed by atoms with E-state index in [-0.39, 0.29) is 25.5 Å². The number of aliphatic hydroxyl groups excluding tert-OH is 1. The molecule has 0 aromatic heterocycles. The molecular formula is C5H7LiO3. The van der Waals surface area contributed by atoms with Gasteiger partial charge in [0.1, 0.15) is 0 Å². The van der Waals surface area contributed by atoms with Crippen molar-refractivity contribution in [3.8, 4) is 0 Å². The monoisotopic (exact) mass is 122 g/mol. The molecule has 0 aliphatic rings. The maximum atomic E-state index is 9.59. The van der Waals surface area contributed by atoms with E-state index in [9.17, 15) is 9.90 Å². The largest absolute Gasteiger partial charge is 1.00 e. The molecule has 0 saturated heterocycles. The summed E-state index contributed by atoms with van der Waals surface area (Å²) in [5.41, 5.74) is 0. The molecule has 0 unspecified atom stereocenters. The SMILES string of the molecule is O=C([O-])/C=C\CCO.[Li+]. The van der Waals surface area contributed by atoms with Crippen molar-refractivity contribution in [3.63, 3.8) is 0 Å². The maximum absolute atomic E-state index is 9.59. The molecule has 0 spiro atoms. The van der Waals surface area contributed by atoms with Gasteiger partial charge in [0, 0.05) is 6.61 Å².